The molecule has 0 aliphatic heterocycles. The van der Waals surface area contributed by atoms with Gasteiger partial charge in [0, 0.05) is 30.5 Å². The molecule has 6 aromatic rings. The predicted octanol–water partition coefficient (Wildman–Crippen LogP) is 10.3. The van der Waals surface area contributed by atoms with Crippen LogP contribution in [0, 0.1) is 0 Å². The van der Waals surface area contributed by atoms with Gasteiger partial charge in [0.1, 0.15) is 0 Å². The molecule has 2 heterocycles. The molecule has 0 saturated carbocycles. The van der Waals surface area contributed by atoms with Gasteiger partial charge in [0.25, 0.3) is 0 Å². The molecule has 4 N–H and O–H groups in total. The summed E-state index contributed by atoms with van der Waals surface area (Å²) >= 11 is 13.1. The van der Waals surface area contributed by atoms with E-state index >= 15 is 0 Å². The maximum absolute atomic E-state index is 12.2. The molecule has 0 atom stereocenters. The summed E-state index contributed by atoms with van der Waals surface area (Å²) in [5, 5.41) is 15.2. The maximum atomic E-state index is 12.2. The van der Waals surface area contributed by atoms with Crippen molar-refractivity contribution in [2.45, 2.75) is 0 Å². The number of pyridine rings is 2. The van der Waals surface area contributed by atoms with Crippen LogP contribution >= 0.6 is 63.7 Å². The highest BCUT2D eigenvalue weighted by Gasteiger charge is 2.13. The largest absolute Gasteiger partial charge is 0.333 e. The van der Waals surface area contributed by atoms with Gasteiger partial charge in [0.05, 0.1) is 46.5 Å². The fraction of sp³-hybridized carbons (Fsp3) is 0.0588. The molecular weight excluding hydrogens is 844 g/mol. The summed E-state index contributed by atoms with van der Waals surface area (Å²) < 4.78 is 1.69. The van der Waals surface area contributed by atoms with Crippen LogP contribution in [0.4, 0.5) is 21.0 Å². The van der Waals surface area contributed by atoms with Crippen LogP contribution in [0.1, 0.15) is 0 Å². The van der Waals surface area contributed by atoms with E-state index in [-0.39, 0.29) is 12.1 Å². The Hall–Kier alpha value is -3.84. The lowest BCUT2D eigenvalue weighted by atomic mass is 10.1. The lowest BCUT2D eigenvalue weighted by Gasteiger charge is -2.13. The van der Waals surface area contributed by atoms with E-state index < -0.39 is 0 Å². The molecule has 12 heteroatoms. The van der Waals surface area contributed by atoms with Crippen molar-refractivity contribution in [3.63, 3.8) is 0 Å². The van der Waals surface area contributed by atoms with Gasteiger partial charge in [-0.15, -0.1) is 0 Å². The van der Waals surface area contributed by atoms with E-state index in [4.69, 9.17) is 0 Å². The third-order valence-electron chi connectivity index (χ3n) is 6.72. The molecule has 8 nitrogen and oxygen atoms in total. The average molecular weight is 870 g/mol. The minimum atomic E-state index is -0.266. The number of halogens is 4. The Morgan fingerprint density at radius 1 is 0.522 bits per heavy atom. The van der Waals surface area contributed by atoms with E-state index in [1.165, 1.54) is 0 Å². The topological polar surface area (TPSA) is 108 Å². The smallest absolute Gasteiger partial charge is 0.319 e. The molecular formula is C34H26Br4N6O2. The molecule has 0 spiro atoms. The second kappa shape index (κ2) is 16.1. The number of hydrogen-bond acceptors (Lipinski definition) is 4. The van der Waals surface area contributed by atoms with E-state index in [1.54, 1.807) is 9.97 Å². The van der Waals surface area contributed by atoms with Gasteiger partial charge in [0.2, 0.25) is 0 Å². The number of fused-ring (bicyclic) bond motifs is 4. The number of nitrogens with one attached hydrogen (secondary N) is 4. The van der Waals surface area contributed by atoms with Crippen molar-refractivity contribution >= 4 is 131 Å². The van der Waals surface area contributed by atoms with Gasteiger partial charge in [-0.25, -0.2) is 19.6 Å². The fourth-order valence-electron chi connectivity index (χ4n) is 4.67. The van der Waals surface area contributed by atoms with Gasteiger partial charge < -0.3 is 21.3 Å². The van der Waals surface area contributed by atoms with Crippen LogP contribution in [-0.4, -0.2) is 35.1 Å². The molecule has 0 aliphatic rings. The Kier molecular flexibility index (Phi) is 11.8. The average Bonchev–Trinajstić information content (AvgIpc) is 3.09. The number of benzene rings is 4. The van der Waals surface area contributed by atoms with Gasteiger partial charge in [-0.2, -0.15) is 0 Å². The van der Waals surface area contributed by atoms with Crippen LogP contribution in [0.3, 0.4) is 0 Å². The normalized spacial score (nSPS) is 11.7. The number of rotatable bonds is 6. The van der Waals surface area contributed by atoms with E-state index in [1.807, 2.05) is 97.1 Å². The third kappa shape index (κ3) is 8.30. The fourth-order valence-corrected chi connectivity index (χ4v) is 5.28. The second-order valence-electron chi connectivity index (χ2n) is 9.77. The number of hydrogen-bond donors (Lipinski definition) is 4. The summed E-state index contributed by atoms with van der Waals surface area (Å²) in [6.07, 6.45) is 0. The zero-order valence-corrected chi connectivity index (χ0v) is 30.4. The standard InChI is InChI=1S/2C17H13Br2N3O/c2*18-9-11(19)10-20-17(23)22-16-12-5-1-3-7-14(12)21-15-8-4-2-6-13(15)16/h2*1-9H,10H2,(H2,20,21,22,23). The molecule has 0 saturated heterocycles. The maximum Gasteiger partial charge on any atom is 0.319 e. The molecule has 0 bridgehead atoms. The zero-order chi connectivity index (χ0) is 32.5. The van der Waals surface area contributed by atoms with Crippen molar-refractivity contribution in [3.8, 4) is 0 Å². The number of carbonyl (C=O) groups is 2. The van der Waals surface area contributed by atoms with Crippen molar-refractivity contribution in [2.24, 2.45) is 0 Å². The number of amides is 4. The SMILES string of the molecule is O=C(NCC(Br)=CBr)Nc1c2ccccc2nc2ccccc12.O=C(NCC(Br)=CBr)Nc1c2ccccc2nc2ccccc12. The first-order valence-electron chi connectivity index (χ1n) is 13.9. The molecule has 0 aliphatic carbocycles. The number of aromatic nitrogens is 2. The number of anilines is 2. The first-order chi connectivity index (χ1) is 22.4. The molecule has 46 heavy (non-hydrogen) atoms. The van der Waals surface area contributed by atoms with E-state index in [9.17, 15) is 9.59 Å². The lowest BCUT2D eigenvalue weighted by molar-refractivity contribution is 0.252. The highest BCUT2D eigenvalue weighted by molar-refractivity contribution is 9.14. The molecule has 2 aromatic heterocycles. The molecule has 0 fully saturated rings. The first kappa shape index (κ1) is 33.5. The predicted molar refractivity (Wildman–Crippen MR) is 204 cm³/mol. The monoisotopic (exact) mass is 866 g/mol. The van der Waals surface area contributed by atoms with E-state index in [0.717, 1.165) is 64.0 Å². The minimum absolute atomic E-state index is 0.266. The molecule has 0 unspecified atom stereocenters. The molecule has 4 amide bonds. The number of para-hydroxylation sites is 4. The summed E-state index contributed by atoms with van der Waals surface area (Å²) in [4.78, 5) is 37.1. The number of urea groups is 2. The van der Waals surface area contributed by atoms with Crippen LogP contribution < -0.4 is 21.3 Å². The van der Waals surface area contributed by atoms with Crippen LogP contribution in [0.5, 0.6) is 0 Å². The summed E-state index contributed by atoms with van der Waals surface area (Å²) in [5.41, 5.74) is 4.93. The summed E-state index contributed by atoms with van der Waals surface area (Å²) in [7, 11) is 0. The quantitative estimate of drug-likeness (QED) is 0.125. The second-order valence-corrected chi connectivity index (χ2v) is 12.7. The third-order valence-corrected chi connectivity index (χ3v) is 10.1. The Balaban J connectivity index is 0.000000181. The van der Waals surface area contributed by atoms with Gasteiger partial charge in [0.15, 0.2) is 0 Å². The molecule has 4 aromatic carbocycles. The van der Waals surface area contributed by atoms with Crippen molar-refractivity contribution in [1.82, 2.24) is 20.6 Å². The van der Waals surface area contributed by atoms with Gasteiger partial charge in [-0.1, -0.05) is 137 Å². The highest BCUT2D eigenvalue weighted by atomic mass is 79.9. The Morgan fingerprint density at radius 3 is 1.09 bits per heavy atom. The van der Waals surface area contributed by atoms with Crippen molar-refractivity contribution < 1.29 is 9.59 Å². The lowest BCUT2D eigenvalue weighted by Crippen LogP contribution is -2.29. The summed E-state index contributed by atoms with van der Waals surface area (Å²) in [5.74, 6) is 0. The van der Waals surface area contributed by atoms with Crippen molar-refractivity contribution in [2.75, 3.05) is 23.7 Å². The Labute approximate surface area is 298 Å². The number of carbonyl (C=O) groups excluding carboxylic acids is 2. The van der Waals surface area contributed by atoms with Crippen molar-refractivity contribution in [3.05, 3.63) is 116 Å². The summed E-state index contributed by atoms with van der Waals surface area (Å²) in [6.45, 7) is 0.802. The van der Waals surface area contributed by atoms with Gasteiger partial charge >= 0.3 is 12.1 Å². The van der Waals surface area contributed by atoms with Crippen LogP contribution in [-0.2, 0) is 0 Å². The number of nitrogens with zero attached hydrogens (tertiary/aromatic N) is 2. The molecule has 232 valence electrons. The molecule has 6 rings (SSSR count). The Bertz CT molecular complexity index is 1860. The van der Waals surface area contributed by atoms with Crippen LogP contribution in [0.15, 0.2) is 116 Å². The minimum Gasteiger partial charge on any atom is -0.333 e. The van der Waals surface area contributed by atoms with E-state index in [0.29, 0.717) is 13.1 Å². The van der Waals surface area contributed by atoms with Crippen LogP contribution in [0.2, 0.25) is 0 Å². The van der Waals surface area contributed by atoms with E-state index in [2.05, 4.69) is 95.0 Å². The van der Waals surface area contributed by atoms with Gasteiger partial charge in [-0.05, 0) is 34.2 Å². The summed E-state index contributed by atoms with van der Waals surface area (Å²) in [6, 6.07) is 30.5. The van der Waals surface area contributed by atoms with Crippen molar-refractivity contribution in [1.29, 1.82) is 0 Å². The highest BCUT2D eigenvalue weighted by Crippen LogP contribution is 2.31. The molecule has 0 radical (unpaired) electrons. The van der Waals surface area contributed by atoms with Gasteiger partial charge in [-0.3, -0.25) is 0 Å². The van der Waals surface area contributed by atoms with Crippen LogP contribution in [0.25, 0.3) is 43.6 Å². The zero-order valence-electron chi connectivity index (χ0n) is 24.0. The Morgan fingerprint density at radius 2 is 0.804 bits per heavy atom. The first-order valence-corrected chi connectivity index (χ1v) is 17.3.